The van der Waals surface area contributed by atoms with Crippen LogP contribution in [0, 0.1) is 0 Å². The summed E-state index contributed by atoms with van der Waals surface area (Å²) in [5, 5.41) is 3.15. The molecule has 0 spiro atoms. The predicted octanol–water partition coefficient (Wildman–Crippen LogP) is 4.88. The first-order valence-corrected chi connectivity index (χ1v) is 12.4. The van der Waals surface area contributed by atoms with Gasteiger partial charge >= 0.3 is 6.09 Å². The lowest BCUT2D eigenvalue weighted by molar-refractivity contribution is -0.143. The summed E-state index contributed by atoms with van der Waals surface area (Å²) >= 11 is 0. The second kappa shape index (κ2) is 10.8. The van der Waals surface area contributed by atoms with Crippen molar-refractivity contribution >= 4 is 12.0 Å². The molecule has 36 heavy (non-hydrogen) atoms. The van der Waals surface area contributed by atoms with Gasteiger partial charge in [0, 0.05) is 26.6 Å². The average molecular weight is 486 g/mol. The summed E-state index contributed by atoms with van der Waals surface area (Å²) in [6.07, 6.45) is 1.11. The standard InChI is InChI=1S/C29H31N3O4/c1-22(33)31-25-18-26(32(31)29(34)35-21-23-10-4-2-5-11-23)20-30(19-25)17-16-24-12-8-9-15-28(24)36-27-13-6-3-7-14-27/h2-15,25-26H,16-21H2,1H3. The molecule has 0 saturated carbocycles. The van der Waals surface area contributed by atoms with Gasteiger partial charge < -0.3 is 9.47 Å². The number of ether oxygens (including phenoxy) is 2. The minimum atomic E-state index is -0.468. The van der Waals surface area contributed by atoms with E-state index in [1.807, 2.05) is 78.9 Å². The molecule has 7 heteroatoms. The molecule has 3 aromatic carbocycles. The summed E-state index contributed by atoms with van der Waals surface area (Å²) in [5.41, 5.74) is 2.04. The van der Waals surface area contributed by atoms with E-state index in [2.05, 4.69) is 11.0 Å². The van der Waals surface area contributed by atoms with Crippen molar-refractivity contribution in [1.29, 1.82) is 0 Å². The van der Waals surface area contributed by atoms with Crippen LogP contribution in [0.3, 0.4) is 0 Å². The maximum Gasteiger partial charge on any atom is 0.429 e. The minimum absolute atomic E-state index is 0.0404. The van der Waals surface area contributed by atoms with E-state index in [-0.39, 0.29) is 24.6 Å². The number of benzene rings is 3. The molecule has 2 amide bonds. The number of amides is 2. The molecule has 0 radical (unpaired) electrons. The van der Waals surface area contributed by atoms with Crippen molar-refractivity contribution in [3.05, 3.63) is 96.1 Å². The van der Waals surface area contributed by atoms with Gasteiger partial charge in [0.2, 0.25) is 5.91 Å². The number of likely N-dealkylation sites (tertiary alicyclic amines) is 1. The topological polar surface area (TPSA) is 62.3 Å². The lowest BCUT2D eigenvalue weighted by Gasteiger charge is -2.30. The van der Waals surface area contributed by atoms with E-state index in [0.717, 1.165) is 48.6 Å². The van der Waals surface area contributed by atoms with Gasteiger partial charge in [0.15, 0.2) is 0 Å². The van der Waals surface area contributed by atoms with Crippen molar-refractivity contribution < 1.29 is 19.1 Å². The molecule has 0 aromatic heterocycles. The van der Waals surface area contributed by atoms with Crippen molar-refractivity contribution in [2.45, 2.75) is 38.5 Å². The molecular weight excluding hydrogens is 454 g/mol. The molecule has 2 fully saturated rings. The molecule has 3 aromatic rings. The van der Waals surface area contributed by atoms with Crippen LogP contribution in [-0.4, -0.2) is 58.6 Å². The number of para-hydroxylation sites is 2. The first-order chi connectivity index (χ1) is 17.6. The number of hydrazine groups is 1. The molecule has 7 nitrogen and oxygen atoms in total. The summed E-state index contributed by atoms with van der Waals surface area (Å²) in [6, 6.07) is 27.3. The van der Waals surface area contributed by atoms with Gasteiger partial charge in [-0.2, -0.15) is 0 Å². The summed E-state index contributed by atoms with van der Waals surface area (Å²) in [5.74, 6) is 1.52. The van der Waals surface area contributed by atoms with Crippen LogP contribution < -0.4 is 4.74 Å². The molecule has 2 saturated heterocycles. The van der Waals surface area contributed by atoms with E-state index < -0.39 is 6.09 Å². The van der Waals surface area contributed by atoms with Crippen molar-refractivity contribution in [1.82, 2.24) is 14.9 Å². The lowest BCUT2D eigenvalue weighted by atomic mass is 10.0. The summed E-state index contributed by atoms with van der Waals surface area (Å²) < 4.78 is 11.7. The van der Waals surface area contributed by atoms with Crippen LogP contribution in [0.5, 0.6) is 11.5 Å². The number of hydrogen-bond donors (Lipinski definition) is 0. The van der Waals surface area contributed by atoms with Crippen LogP contribution >= 0.6 is 0 Å². The number of piperidine rings is 1. The zero-order valence-corrected chi connectivity index (χ0v) is 20.5. The fourth-order valence-electron chi connectivity index (χ4n) is 5.16. The number of carbonyl (C=O) groups is 2. The Morgan fingerprint density at radius 2 is 1.47 bits per heavy atom. The Hall–Kier alpha value is -3.84. The van der Waals surface area contributed by atoms with E-state index >= 15 is 0 Å². The maximum atomic E-state index is 13.1. The number of carbonyl (C=O) groups excluding carboxylic acids is 2. The number of rotatable bonds is 7. The summed E-state index contributed by atoms with van der Waals surface area (Å²) in [7, 11) is 0. The number of hydrogen-bond acceptors (Lipinski definition) is 5. The molecule has 2 unspecified atom stereocenters. The molecule has 0 aliphatic carbocycles. The average Bonchev–Trinajstić information content (AvgIpc) is 3.18. The van der Waals surface area contributed by atoms with Crippen LogP contribution in [0.4, 0.5) is 4.79 Å². The molecule has 2 bridgehead atoms. The Morgan fingerprint density at radius 1 is 0.833 bits per heavy atom. The largest absolute Gasteiger partial charge is 0.457 e. The van der Waals surface area contributed by atoms with Crippen LogP contribution in [0.15, 0.2) is 84.9 Å². The van der Waals surface area contributed by atoms with Crippen molar-refractivity contribution in [3.63, 3.8) is 0 Å². The smallest absolute Gasteiger partial charge is 0.429 e. The SMILES string of the molecule is CC(=O)N1C2CC(CN(CCc3ccccc3Oc3ccccc3)C2)N1C(=O)OCc1ccccc1. The van der Waals surface area contributed by atoms with Crippen molar-refractivity contribution in [2.24, 2.45) is 0 Å². The van der Waals surface area contributed by atoms with Gasteiger partial charge in [0.25, 0.3) is 0 Å². The number of fused-ring (bicyclic) bond motifs is 2. The molecule has 2 atom stereocenters. The van der Waals surface area contributed by atoms with Gasteiger partial charge in [-0.05, 0) is 42.2 Å². The maximum absolute atomic E-state index is 13.1. The Morgan fingerprint density at radius 3 is 2.19 bits per heavy atom. The zero-order valence-electron chi connectivity index (χ0n) is 20.5. The lowest BCUT2D eigenvalue weighted by Crippen LogP contribution is -2.49. The third-order valence-corrected chi connectivity index (χ3v) is 6.76. The second-order valence-corrected chi connectivity index (χ2v) is 9.32. The molecule has 0 N–H and O–H groups in total. The first kappa shape index (κ1) is 23.9. The molecule has 5 rings (SSSR count). The summed E-state index contributed by atoms with van der Waals surface area (Å²) in [4.78, 5) is 27.9. The van der Waals surface area contributed by atoms with E-state index in [9.17, 15) is 9.59 Å². The fourth-order valence-corrected chi connectivity index (χ4v) is 5.16. The monoisotopic (exact) mass is 485 g/mol. The molecule has 2 heterocycles. The van der Waals surface area contributed by atoms with E-state index in [0.29, 0.717) is 6.54 Å². The van der Waals surface area contributed by atoms with Crippen LogP contribution in [-0.2, 0) is 22.6 Å². The van der Waals surface area contributed by atoms with Crippen LogP contribution in [0.2, 0.25) is 0 Å². The van der Waals surface area contributed by atoms with Gasteiger partial charge in [-0.1, -0.05) is 66.7 Å². The predicted molar refractivity (Wildman–Crippen MR) is 136 cm³/mol. The van der Waals surface area contributed by atoms with E-state index in [1.165, 1.54) is 6.92 Å². The fraction of sp³-hybridized carbons (Fsp3) is 0.310. The second-order valence-electron chi connectivity index (χ2n) is 9.32. The Balaban J connectivity index is 1.23. The van der Waals surface area contributed by atoms with Gasteiger partial charge in [0.1, 0.15) is 18.1 Å². The highest BCUT2D eigenvalue weighted by molar-refractivity contribution is 5.78. The Kier molecular flexibility index (Phi) is 7.18. The highest BCUT2D eigenvalue weighted by atomic mass is 16.6. The highest BCUT2D eigenvalue weighted by Gasteiger charge is 2.48. The highest BCUT2D eigenvalue weighted by Crippen LogP contribution is 2.32. The van der Waals surface area contributed by atoms with Gasteiger partial charge in [-0.25, -0.2) is 14.8 Å². The molecule has 2 aliphatic heterocycles. The normalized spacial score (nSPS) is 19.2. The Labute approximate surface area is 211 Å². The van der Waals surface area contributed by atoms with E-state index in [4.69, 9.17) is 9.47 Å². The zero-order chi connectivity index (χ0) is 24.9. The van der Waals surface area contributed by atoms with Gasteiger partial charge in [-0.3, -0.25) is 9.69 Å². The Bertz CT molecular complexity index is 1190. The minimum Gasteiger partial charge on any atom is -0.457 e. The van der Waals surface area contributed by atoms with Crippen molar-refractivity contribution in [3.8, 4) is 11.5 Å². The first-order valence-electron chi connectivity index (χ1n) is 12.4. The third-order valence-electron chi connectivity index (χ3n) is 6.76. The van der Waals surface area contributed by atoms with Crippen molar-refractivity contribution in [2.75, 3.05) is 19.6 Å². The van der Waals surface area contributed by atoms with Crippen LogP contribution in [0.25, 0.3) is 0 Å². The molecule has 2 aliphatic rings. The quantitative estimate of drug-likeness (QED) is 0.477. The summed E-state index contributed by atoms with van der Waals surface area (Å²) in [6.45, 7) is 3.92. The van der Waals surface area contributed by atoms with E-state index in [1.54, 1.807) is 10.0 Å². The van der Waals surface area contributed by atoms with Crippen LogP contribution in [0.1, 0.15) is 24.5 Å². The van der Waals surface area contributed by atoms with Gasteiger partial charge in [-0.15, -0.1) is 0 Å². The van der Waals surface area contributed by atoms with Gasteiger partial charge in [0.05, 0.1) is 12.1 Å². The molecular formula is C29H31N3O4. The number of nitrogens with zero attached hydrogens (tertiary/aromatic N) is 3. The third kappa shape index (κ3) is 5.36. The molecule has 186 valence electrons.